The van der Waals surface area contributed by atoms with Gasteiger partial charge in [0, 0.05) is 35.4 Å². The predicted octanol–water partition coefficient (Wildman–Crippen LogP) is 0.905. The Balaban J connectivity index is 1.74. The number of hydrogen-bond acceptors (Lipinski definition) is 6. The zero-order valence-electron chi connectivity index (χ0n) is 11.6. The molecule has 21 heavy (non-hydrogen) atoms. The highest BCUT2D eigenvalue weighted by Crippen LogP contribution is 2.22. The van der Waals surface area contributed by atoms with Gasteiger partial charge in [-0.15, -0.1) is 11.3 Å². The van der Waals surface area contributed by atoms with Crippen LogP contribution in [0.15, 0.2) is 16.6 Å². The molecular formula is C12H17N5O2S2. The van der Waals surface area contributed by atoms with Crippen LogP contribution < -0.4 is 10.0 Å². The lowest BCUT2D eigenvalue weighted by Crippen LogP contribution is -2.26. The molecular weight excluding hydrogens is 310 g/mol. The van der Waals surface area contributed by atoms with E-state index < -0.39 is 10.0 Å². The van der Waals surface area contributed by atoms with Crippen molar-refractivity contribution < 1.29 is 8.42 Å². The van der Waals surface area contributed by atoms with Gasteiger partial charge in [0.05, 0.1) is 6.54 Å². The molecule has 0 aliphatic heterocycles. The van der Waals surface area contributed by atoms with Crippen molar-refractivity contribution in [2.24, 2.45) is 0 Å². The van der Waals surface area contributed by atoms with Gasteiger partial charge in [-0.3, -0.25) is 5.10 Å². The highest BCUT2D eigenvalue weighted by atomic mass is 32.2. The van der Waals surface area contributed by atoms with Crippen LogP contribution in [0.25, 0.3) is 0 Å². The largest absolute Gasteiger partial charge is 0.310 e. The fraction of sp³-hybridized carbons (Fsp3) is 0.500. The van der Waals surface area contributed by atoms with Crippen molar-refractivity contribution in [3.05, 3.63) is 27.8 Å². The number of sulfonamides is 1. The first kappa shape index (κ1) is 14.6. The molecule has 7 nitrogen and oxygen atoms in total. The summed E-state index contributed by atoms with van der Waals surface area (Å²) in [5, 5.41) is 12.6. The Morgan fingerprint density at radius 1 is 1.43 bits per heavy atom. The summed E-state index contributed by atoms with van der Waals surface area (Å²) in [7, 11) is -3.64. The van der Waals surface area contributed by atoms with Crippen LogP contribution in [0.2, 0.25) is 0 Å². The predicted molar refractivity (Wildman–Crippen MR) is 79.3 cm³/mol. The maximum absolute atomic E-state index is 12.4. The fourth-order valence-electron chi connectivity index (χ4n) is 1.96. The third-order valence-corrected chi connectivity index (χ3v) is 5.48. The van der Waals surface area contributed by atoms with Gasteiger partial charge >= 0.3 is 0 Å². The highest BCUT2D eigenvalue weighted by Gasteiger charge is 2.26. The van der Waals surface area contributed by atoms with Crippen LogP contribution in [0.3, 0.4) is 0 Å². The molecule has 1 aliphatic carbocycles. The van der Waals surface area contributed by atoms with E-state index in [-0.39, 0.29) is 11.6 Å². The Morgan fingerprint density at radius 3 is 2.90 bits per heavy atom. The van der Waals surface area contributed by atoms with Crippen molar-refractivity contribution in [3.8, 4) is 0 Å². The van der Waals surface area contributed by atoms with Gasteiger partial charge < -0.3 is 5.32 Å². The second kappa shape index (κ2) is 5.84. The van der Waals surface area contributed by atoms with Crippen LogP contribution in [0.5, 0.6) is 0 Å². The van der Waals surface area contributed by atoms with Gasteiger partial charge in [-0.05, 0) is 19.8 Å². The molecule has 0 radical (unpaired) electrons. The van der Waals surface area contributed by atoms with E-state index >= 15 is 0 Å². The Bertz CT molecular complexity index is 704. The maximum atomic E-state index is 12.4. The third-order valence-electron chi connectivity index (χ3n) is 3.33. The Labute approximate surface area is 127 Å². The van der Waals surface area contributed by atoms with Crippen molar-refractivity contribution >= 4 is 21.4 Å². The van der Waals surface area contributed by atoms with Crippen molar-refractivity contribution in [1.82, 2.24) is 25.2 Å². The van der Waals surface area contributed by atoms with Gasteiger partial charge in [0.25, 0.3) is 10.0 Å². The maximum Gasteiger partial charge on any atom is 0.260 e. The highest BCUT2D eigenvalue weighted by molar-refractivity contribution is 7.89. The van der Waals surface area contributed by atoms with Gasteiger partial charge in [-0.2, -0.15) is 5.10 Å². The lowest BCUT2D eigenvalue weighted by Gasteiger charge is -2.07. The smallest absolute Gasteiger partial charge is 0.260 e. The van der Waals surface area contributed by atoms with Gasteiger partial charge in [0.15, 0.2) is 5.03 Å². The van der Waals surface area contributed by atoms with Crippen LogP contribution in [-0.2, 0) is 23.1 Å². The fourth-order valence-corrected chi connectivity index (χ4v) is 3.79. The molecule has 3 rings (SSSR count). The molecule has 114 valence electrons. The number of nitrogens with zero attached hydrogens (tertiary/aromatic N) is 2. The number of aryl methyl sites for hydroxylation is 1. The van der Waals surface area contributed by atoms with Crippen molar-refractivity contribution in [1.29, 1.82) is 0 Å². The summed E-state index contributed by atoms with van der Waals surface area (Å²) in [6, 6.07) is 0.512. The Hall–Kier alpha value is -1.29. The summed E-state index contributed by atoms with van der Waals surface area (Å²) in [5.74, 6) is 0. The van der Waals surface area contributed by atoms with E-state index in [0.29, 0.717) is 18.2 Å². The van der Waals surface area contributed by atoms with E-state index in [4.69, 9.17) is 0 Å². The van der Waals surface area contributed by atoms with Crippen LogP contribution in [0, 0.1) is 6.92 Å². The van der Waals surface area contributed by atoms with E-state index in [1.54, 1.807) is 6.20 Å². The second-order valence-corrected chi connectivity index (χ2v) is 7.70. The molecule has 2 aromatic heterocycles. The van der Waals surface area contributed by atoms with Gasteiger partial charge in [-0.25, -0.2) is 18.1 Å². The van der Waals surface area contributed by atoms with Crippen molar-refractivity contribution in [2.45, 2.75) is 43.9 Å². The number of aromatic amines is 1. The standard InChI is InChI=1S/C12H17N5O2S2/c1-8-10(6-14-9-2-3-9)12(17-16-8)21(18,19)15-7-11-13-4-5-20-11/h4-5,9,14-15H,2-3,6-7H2,1H3,(H,16,17). The second-order valence-electron chi connectivity index (χ2n) is 5.04. The van der Waals surface area contributed by atoms with Crippen LogP contribution in [0.4, 0.5) is 0 Å². The molecule has 1 fully saturated rings. The number of H-pyrrole nitrogens is 1. The Kier molecular flexibility index (Phi) is 4.07. The molecule has 2 aromatic rings. The SMILES string of the molecule is Cc1[nH]nc(S(=O)(=O)NCc2nccs2)c1CNC1CC1. The molecule has 0 spiro atoms. The molecule has 1 saturated carbocycles. The minimum Gasteiger partial charge on any atom is -0.310 e. The molecule has 1 aliphatic rings. The topological polar surface area (TPSA) is 99.8 Å². The van der Waals surface area contributed by atoms with Crippen molar-refractivity contribution in [3.63, 3.8) is 0 Å². The first-order valence-corrected chi connectivity index (χ1v) is 9.08. The molecule has 0 saturated heterocycles. The zero-order valence-corrected chi connectivity index (χ0v) is 13.2. The number of hydrogen-bond donors (Lipinski definition) is 3. The average Bonchev–Trinajstić information content (AvgIpc) is 2.98. The van der Waals surface area contributed by atoms with E-state index in [9.17, 15) is 8.42 Å². The number of nitrogens with one attached hydrogen (secondary N) is 3. The van der Waals surface area contributed by atoms with Crippen LogP contribution >= 0.6 is 11.3 Å². The molecule has 0 unspecified atom stereocenters. The van der Waals surface area contributed by atoms with Crippen LogP contribution in [-0.4, -0.2) is 29.6 Å². The monoisotopic (exact) mass is 327 g/mol. The molecule has 0 bridgehead atoms. The lowest BCUT2D eigenvalue weighted by molar-refractivity contribution is 0.573. The molecule has 2 heterocycles. The lowest BCUT2D eigenvalue weighted by atomic mass is 10.2. The molecule has 9 heteroatoms. The van der Waals surface area contributed by atoms with E-state index in [0.717, 1.165) is 23.5 Å². The van der Waals surface area contributed by atoms with Crippen LogP contribution in [0.1, 0.15) is 29.1 Å². The van der Waals surface area contributed by atoms with E-state index in [2.05, 4.69) is 25.2 Å². The van der Waals surface area contributed by atoms with Gasteiger partial charge in [0.1, 0.15) is 5.01 Å². The van der Waals surface area contributed by atoms with E-state index in [1.807, 2.05) is 12.3 Å². The molecule has 0 atom stereocenters. The minimum absolute atomic E-state index is 0.0738. The Morgan fingerprint density at radius 2 is 2.24 bits per heavy atom. The first-order valence-electron chi connectivity index (χ1n) is 6.71. The average molecular weight is 327 g/mol. The zero-order chi connectivity index (χ0) is 14.9. The summed E-state index contributed by atoms with van der Waals surface area (Å²) in [6.07, 6.45) is 3.96. The minimum atomic E-state index is -3.64. The van der Waals surface area contributed by atoms with Gasteiger partial charge in [-0.1, -0.05) is 0 Å². The molecule has 0 aromatic carbocycles. The summed E-state index contributed by atoms with van der Waals surface area (Å²) < 4.78 is 27.3. The number of aromatic nitrogens is 3. The van der Waals surface area contributed by atoms with Crippen molar-refractivity contribution in [2.75, 3.05) is 0 Å². The third kappa shape index (κ3) is 3.49. The summed E-state index contributed by atoms with van der Waals surface area (Å²) in [6.45, 7) is 2.53. The summed E-state index contributed by atoms with van der Waals surface area (Å²) >= 11 is 1.41. The number of rotatable bonds is 7. The summed E-state index contributed by atoms with van der Waals surface area (Å²) in [5.41, 5.74) is 1.48. The van der Waals surface area contributed by atoms with Gasteiger partial charge in [0.2, 0.25) is 0 Å². The number of thiazole rings is 1. The normalized spacial score (nSPS) is 15.5. The molecule has 0 amide bonds. The first-order chi connectivity index (χ1) is 10.1. The molecule has 3 N–H and O–H groups in total. The van der Waals surface area contributed by atoms with E-state index in [1.165, 1.54) is 11.3 Å². The quantitative estimate of drug-likeness (QED) is 0.702. The summed E-state index contributed by atoms with van der Waals surface area (Å²) in [4.78, 5) is 4.06.